The Balaban J connectivity index is 2.43. The fourth-order valence-electron chi connectivity index (χ4n) is 1.75. The van der Waals surface area contributed by atoms with Gasteiger partial charge in [0.15, 0.2) is 0 Å². The Morgan fingerprint density at radius 3 is 2.67 bits per heavy atom. The minimum Gasteiger partial charge on any atom is -0.495 e. The van der Waals surface area contributed by atoms with Crippen LogP contribution < -0.4 is 10.5 Å². The van der Waals surface area contributed by atoms with Gasteiger partial charge in [-0.1, -0.05) is 11.6 Å². The molecule has 1 aromatic heterocycles. The van der Waals surface area contributed by atoms with Crippen molar-refractivity contribution >= 4 is 22.9 Å². The maximum atomic E-state index is 6.12. The van der Waals surface area contributed by atoms with E-state index < -0.39 is 0 Å². The summed E-state index contributed by atoms with van der Waals surface area (Å²) in [5, 5.41) is 1.52. The molecule has 0 aliphatic rings. The Bertz CT molecular complexity index is 566. The van der Waals surface area contributed by atoms with Crippen molar-refractivity contribution in [3.05, 3.63) is 33.8 Å². The number of aromatic nitrogens is 1. The molecule has 96 valence electrons. The quantitative estimate of drug-likeness (QED) is 0.931. The predicted molar refractivity (Wildman–Crippen MR) is 76.5 cm³/mol. The molecule has 0 saturated carbocycles. The fourth-order valence-corrected chi connectivity index (χ4v) is 3.03. The zero-order valence-electron chi connectivity index (χ0n) is 10.5. The second-order valence-corrected chi connectivity index (χ2v) is 5.54. The highest BCUT2D eigenvalue weighted by Gasteiger charge is 2.13. The van der Waals surface area contributed by atoms with Gasteiger partial charge in [0.25, 0.3) is 0 Å². The van der Waals surface area contributed by atoms with E-state index in [2.05, 4.69) is 4.98 Å². The van der Waals surface area contributed by atoms with Crippen molar-refractivity contribution in [1.29, 1.82) is 0 Å². The van der Waals surface area contributed by atoms with Crippen LogP contribution in [0.15, 0.2) is 18.2 Å². The molecule has 2 rings (SSSR count). The first-order chi connectivity index (χ1) is 8.52. The molecule has 0 spiro atoms. The molecule has 0 bridgehead atoms. The summed E-state index contributed by atoms with van der Waals surface area (Å²) >= 11 is 7.72. The van der Waals surface area contributed by atoms with E-state index in [0.29, 0.717) is 10.8 Å². The normalized spacial score (nSPS) is 12.5. The highest BCUT2D eigenvalue weighted by Crippen LogP contribution is 2.34. The first-order valence-corrected chi connectivity index (χ1v) is 6.79. The second kappa shape index (κ2) is 5.26. The number of nitrogens with two attached hydrogens (primary N) is 1. The molecule has 1 atom stereocenters. The number of nitrogens with zero attached hydrogens (tertiary/aromatic N) is 1. The van der Waals surface area contributed by atoms with Crippen LogP contribution >= 0.6 is 22.9 Å². The number of hydrogen-bond donors (Lipinski definition) is 1. The Labute approximate surface area is 116 Å². The van der Waals surface area contributed by atoms with Crippen LogP contribution in [0.25, 0.3) is 10.6 Å². The third kappa shape index (κ3) is 2.51. The molecule has 2 N–H and O–H groups in total. The highest BCUT2D eigenvalue weighted by atomic mass is 35.5. The van der Waals surface area contributed by atoms with Crippen LogP contribution in [0.5, 0.6) is 5.75 Å². The summed E-state index contributed by atoms with van der Waals surface area (Å²) in [7, 11) is 1.60. The first kappa shape index (κ1) is 13.3. The van der Waals surface area contributed by atoms with E-state index in [1.807, 2.05) is 32.0 Å². The molecule has 0 fully saturated rings. The van der Waals surface area contributed by atoms with Gasteiger partial charge >= 0.3 is 0 Å². The van der Waals surface area contributed by atoms with Gasteiger partial charge in [-0.3, -0.25) is 0 Å². The lowest BCUT2D eigenvalue weighted by atomic mass is 10.2. The first-order valence-electron chi connectivity index (χ1n) is 5.59. The molecule has 0 aliphatic heterocycles. The Kier molecular flexibility index (Phi) is 3.90. The van der Waals surface area contributed by atoms with Crippen LogP contribution in [0.4, 0.5) is 0 Å². The summed E-state index contributed by atoms with van der Waals surface area (Å²) in [5.41, 5.74) is 7.88. The molecule has 3 nitrogen and oxygen atoms in total. The maximum Gasteiger partial charge on any atom is 0.137 e. The van der Waals surface area contributed by atoms with Crippen LogP contribution in [0.3, 0.4) is 0 Å². The average Bonchev–Trinajstić information content (AvgIpc) is 2.71. The average molecular weight is 283 g/mol. The summed E-state index contributed by atoms with van der Waals surface area (Å²) in [6, 6.07) is 5.67. The summed E-state index contributed by atoms with van der Waals surface area (Å²) < 4.78 is 5.13. The number of benzene rings is 1. The molecule has 0 saturated heterocycles. The fraction of sp³-hybridized carbons (Fsp3) is 0.308. The van der Waals surface area contributed by atoms with E-state index in [4.69, 9.17) is 22.1 Å². The maximum absolute atomic E-state index is 6.12. The van der Waals surface area contributed by atoms with Gasteiger partial charge in [0.1, 0.15) is 10.8 Å². The van der Waals surface area contributed by atoms with Crippen molar-refractivity contribution in [3.63, 3.8) is 0 Å². The molecule has 1 aromatic carbocycles. The smallest absolute Gasteiger partial charge is 0.137 e. The lowest BCUT2D eigenvalue weighted by Crippen LogP contribution is -2.03. The van der Waals surface area contributed by atoms with E-state index in [0.717, 1.165) is 21.1 Å². The number of ether oxygens (including phenoxy) is 1. The van der Waals surface area contributed by atoms with Crippen LogP contribution in [-0.4, -0.2) is 12.1 Å². The minimum atomic E-state index is 0.00460. The van der Waals surface area contributed by atoms with Crippen LogP contribution in [-0.2, 0) is 0 Å². The van der Waals surface area contributed by atoms with E-state index in [-0.39, 0.29) is 6.04 Å². The third-order valence-corrected chi connectivity index (χ3v) is 4.35. The summed E-state index contributed by atoms with van der Waals surface area (Å²) in [6.07, 6.45) is 0. The molecule has 2 aromatic rings. The van der Waals surface area contributed by atoms with Gasteiger partial charge in [0, 0.05) is 16.5 Å². The van der Waals surface area contributed by atoms with Gasteiger partial charge in [-0.05, 0) is 32.0 Å². The van der Waals surface area contributed by atoms with Gasteiger partial charge in [-0.2, -0.15) is 0 Å². The Morgan fingerprint density at radius 1 is 1.44 bits per heavy atom. The number of halogens is 1. The van der Waals surface area contributed by atoms with Crippen LogP contribution in [0.2, 0.25) is 5.02 Å². The molecular formula is C13H15ClN2OS. The van der Waals surface area contributed by atoms with Crippen molar-refractivity contribution in [3.8, 4) is 16.3 Å². The monoisotopic (exact) mass is 282 g/mol. The van der Waals surface area contributed by atoms with E-state index in [1.165, 1.54) is 0 Å². The van der Waals surface area contributed by atoms with Gasteiger partial charge in [0.05, 0.1) is 17.8 Å². The zero-order chi connectivity index (χ0) is 13.3. The van der Waals surface area contributed by atoms with Gasteiger partial charge in [0.2, 0.25) is 0 Å². The zero-order valence-corrected chi connectivity index (χ0v) is 12.1. The second-order valence-electron chi connectivity index (χ2n) is 4.11. The predicted octanol–water partition coefficient (Wildman–Crippen LogP) is 3.80. The third-order valence-electron chi connectivity index (χ3n) is 2.64. The van der Waals surface area contributed by atoms with Crippen LogP contribution in [0.1, 0.15) is 23.5 Å². The standard InChI is InChI=1S/C13H15ClN2OS/c1-7(15)12-8(2)16-13(18-12)9-4-5-11(17-3)10(14)6-9/h4-7H,15H2,1-3H3. The van der Waals surface area contributed by atoms with Crippen molar-refractivity contribution in [2.75, 3.05) is 7.11 Å². The Hall–Kier alpha value is -1.10. The number of aryl methyl sites for hydroxylation is 1. The number of methoxy groups -OCH3 is 1. The number of thiazole rings is 1. The molecule has 0 amide bonds. The lowest BCUT2D eigenvalue weighted by Gasteiger charge is -2.04. The molecule has 0 radical (unpaired) electrons. The SMILES string of the molecule is COc1ccc(-c2nc(C)c(C(C)N)s2)cc1Cl. The molecule has 1 heterocycles. The minimum absolute atomic E-state index is 0.00460. The molecule has 1 unspecified atom stereocenters. The largest absolute Gasteiger partial charge is 0.495 e. The van der Waals surface area contributed by atoms with E-state index in [1.54, 1.807) is 18.4 Å². The van der Waals surface area contributed by atoms with Gasteiger partial charge in [-0.15, -0.1) is 11.3 Å². The molecule has 0 aliphatic carbocycles. The summed E-state index contributed by atoms with van der Waals surface area (Å²) in [5.74, 6) is 0.668. The number of hydrogen-bond acceptors (Lipinski definition) is 4. The van der Waals surface area contributed by atoms with Gasteiger partial charge in [-0.25, -0.2) is 4.98 Å². The van der Waals surface area contributed by atoms with Crippen molar-refractivity contribution in [1.82, 2.24) is 4.98 Å². The van der Waals surface area contributed by atoms with Crippen LogP contribution in [0, 0.1) is 6.92 Å². The summed E-state index contributed by atoms with van der Waals surface area (Å²) in [4.78, 5) is 5.65. The van der Waals surface area contributed by atoms with Crippen molar-refractivity contribution in [2.24, 2.45) is 5.73 Å². The van der Waals surface area contributed by atoms with E-state index in [9.17, 15) is 0 Å². The van der Waals surface area contributed by atoms with Gasteiger partial charge < -0.3 is 10.5 Å². The van der Waals surface area contributed by atoms with Crippen molar-refractivity contribution < 1.29 is 4.74 Å². The van der Waals surface area contributed by atoms with E-state index >= 15 is 0 Å². The summed E-state index contributed by atoms with van der Waals surface area (Å²) in [6.45, 7) is 3.94. The Morgan fingerprint density at radius 2 is 2.17 bits per heavy atom. The topological polar surface area (TPSA) is 48.1 Å². The highest BCUT2D eigenvalue weighted by molar-refractivity contribution is 7.15. The molecule has 18 heavy (non-hydrogen) atoms. The van der Waals surface area contributed by atoms with Crippen molar-refractivity contribution in [2.45, 2.75) is 19.9 Å². The molecule has 5 heteroatoms. The lowest BCUT2D eigenvalue weighted by molar-refractivity contribution is 0.415. The molecular weight excluding hydrogens is 268 g/mol. The number of rotatable bonds is 3.